The summed E-state index contributed by atoms with van der Waals surface area (Å²) in [5.74, 6) is 0. The minimum Gasteiger partial charge on any atom is -0.301 e. The Morgan fingerprint density at radius 2 is 0.702 bits per heavy atom. The number of benzene rings is 7. The van der Waals surface area contributed by atoms with Crippen LogP contribution in [0.15, 0.2) is 176 Å². The Bertz CT molecular complexity index is 3170. The van der Waals surface area contributed by atoms with Gasteiger partial charge in [-0.2, -0.15) is 0 Å². The summed E-state index contributed by atoms with van der Waals surface area (Å²) >= 11 is 7.76. The number of thiophene rings is 4. The third-order valence-corrected chi connectivity index (χ3v) is 16.4. The van der Waals surface area contributed by atoms with Crippen LogP contribution in [0.4, 0.5) is 32.8 Å². The van der Waals surface area contributed by atoms with Gasteiger partial charge in [0.25, 0.3) is 6.71 Å². The van der Waals surface area contributed by atoms with Gasteiger partial charge in [-0.15, -0.1) is 45.3 Å². The predicted octanol–water partition coefficient (Wildman–Crippen LogP) is 14.0. The molecule has 0 radical (unpaired) electrons. The van der Waals surface area contributed by atoms with Crippen molar-refractivity contribution in [3.8, 4) is 22.3 Å². The van der Waals surface area contributed by atoms with Crippen molar-refractivity contribution in [1.82, 2.24) is 0 Å². The van der Waals surface area contributed by atoms with E-state index in [9.17, 15) is 0 Å². The monoisotopic (exact) mass is 796 g/mol. The van der Waals surface area contributed by atoms with Crippen molar-refractivity contribution >= 4 is 140 Å². The lowest BCUT2D eigenvalue weighted by Gasteiger charge is -2.41. The van der Waals surface area contributed by atoms with E-state index >= 15 is 0 Å². The van der Waals surface area contributed by atoms with E-state index in [-0.39, 0.29) is 6.71 Å². The van der Waals surface area contributed by atoms with E-state index in [1.165, 1.54) is 110 Å². The minimum absolute atomic E-state index is 0.0904. The van der Waals surface area contributed by atoms with Crippen molar-refractivity contribution in [2.24, 2.45) is 0 Å². The summed E-state index contributed by atoms with van der Waals surface area (Å²) in [5, 5.41) is 7.74. The average Bonchev–Trinajstić information content (AvgIpc) is 4.05. The van der Waals surface area contributed by atoms with Gasteiger partial charge in [0.05, 0.1) is 11.4 Å². The van der Waals surface area contributed by atoms with Crippen LogP contribution in [0, 0.1) is 0 Å². The lowest BCUT2D eigenvalue weighted by molar-refractivity contribution is 1.31. The van der Waals surface area contributed by atoms with Gasteiger partial charge >= 0.3 is 0 Å². The molecule has 0 unspecified atom stereocenters. The molecule has 0 amide bonds. The molecule has 0 atom stereocenters. The Hall–Kier alpha value is -5.96. The fourth-order valence-corrected chi connectivity index (χ4v) is 14.6. The molecule has 6 heterocycles. The molecule has 2 aliphatic heterocycles. The second-order valence-corrected chi connectivity index (χ2v) is 19.0. The van der Waals surface area contributed by atoms with Crippen LogP contribution >= 0.6 is 45.3 Å². The molecular weight excluding hydrogens is 768 g/mol. The first-order valence-electron chi connectivity index (χ1n) is 19.2. The maximum atomic E-state index is 2.65. The molecule has 2 nitrogen and oxygen atoms in total. The Kier molecular flexibility index (Phi) is 6.92. The second kappa shape index (κ2) is 12.3. The maximum Gasteiger partial charge on any atom is 0.277 e. The Balaban J connectivity index is 1.18. The van der Waals surface area contributed by atoms with Crippen LogP contribution < -0.4 is 24.8 Å². The van der Waals surface area contributed by atoms with E-state index in [0.717, 1.165) is 0 Å². The lowest BCUT2D eigenvalue weighted by atomic mass is 9.39. The molecule has 0 saturated heterocycles. The molecular formula is C50H29BN2S4. The van der Waals surface area contributed by atoms with Crippen molar-refractivity contribution in [3.63, 3.8) is 0 Å². The minimum atomic E-state index is 0.0904. The van der Waals surface area contributed by atoms with Crippen molar-refractivity contribution in [3.05, 3.63) is 176 Å². The molecule has 11 aromatic rings. The Labute approximate surface area is 345 Å². The van der Waals surface area contributed by atoms with E-state index in [1.54, 1.807) is 0 Å². The molecule has 2 aliphatic rings. The van der Waals surface area contributed by atoms with E-state index < -0.39 is 0 Å². The molecule has 266 valence electrons. The van der Waals surface area contributed by atoms with Gasteiger partial charge in [0.15, 0.2) is 0 Å². The van der Waals surface area contributed by atoms with Crippen LogP contribution in [0.25, 0.3) is 62.6 Å². The summed E-state index contributed by atoms with van der Waals surface area (Å²) < 4.78 is 8.07. The summed E-state index contributed by atoms with van der Waals surface area (Å²) in [6.07, 6.45) is 0. The molecule has 57 heavy (non-hydrogen) atoms. The van der Waals surface area contributed by atoms with Crippen molar-refractivity contribution in [2.45, 2.75) is 0 Å². The van der Waals surface area contributed by atoms with Gasteiger partial charge in [0.1, 0.15) is 10.0 Å². The number of rotatable bonds is 4. The van der Waals surface area contributed by atoms with E-state index in [0.29, 0.717) is 0 Å². The molecule has 0 fully saturated rings. The zero-order valence-electron chi connectivity index (χ0n) is 30.3. The lowest BCUT2D eigenvalue weighted by Crippen LogP contribution is -2.59. The van der Waals surface area contributed by atoms with Crippen LogP contribution in [-0.4, -0.2) is 6.71 Å². The molecule has 0 N–H and O–H groups in total. The largest absolute Gasteiger partial charge is 0.301 e. The summed E-state index contributed by atoms with van der Waals surface area (Å²) in [4.78, 5) is 5.30. The highest BCUT2D eigenvalue weighted by atomic mass is 32.1. The highest BCUT2D eigenvalue weighted by molar-refractivity contribution is 7.41. The van der Waals surface area contributed by atoms with Crippen molar-refractivity contribution in [2.75, 3.05) is 9.80 Å². The van der Waals surface area contributed by atoms with Gasteiger partial charge in [0, 0.05) is 72.4 Å². The fraction of sp³-hybridized carbons (Fsp3) is 0. The maximum absolute atomic E-state index is 2.65. The quantitative estimate of drug-likeness (QED) is 0.164. The molecule has 7 aromatic carbocycles. The van der Waals surface area contributed by atoms with E-state index in [4.69, 9.17) is 0 Å². The summed E-state index contributed by atoms with van der Waals surface area (Å²) in [6, 6.07) is 65.1. The number of fused-ring (bicyclic) bond motifs is 10. The number of hydrogen-bond donors (Lipinski definition) is 0. The molecule has 13 rings (SSSR count). The van der Waals surface area contributed by atoms with E-state index in [1.807, 2.05) is 45.3 Å². The molecule has 4 aromatic heterocycles. The topological polar surface area (TPSA) is 6.48 Å². The predicted molar refractivity (Wildman–Crippen MR) is 253 cm³/mol. The fourth-order valence-electron chi connectivity index (χ4n) is 9.37. The molecule has 0 bridgehead atoms. The van der Waals surface area contributed by atoms with Gasteiger partial charge in [0.2, 0.25) is 0 Å². The SMILES string of the molecule is c1ccc(-c2c(N3c4cccc5c4B(c4sc6ccccc6c43)c3sc4ccccc4c3N5c3sc4ccccc4c3-c3ccccc3)sc3ccccc23)cc1. The summed E-state index contributed by atoms with van der Waals surface area (Å²) in [7, 11) is 0. The molecule has 0 spiro atoms. The number of anilines is 6. The van der Waals surface area contributed by atoms with Crippen molar-refractivity contribution < 1.29 is 0 Å². The molecule has 0 saturated carbocycles. The standard InChI is InChI=1S/C50H29BN2S4/c1-3-16-30(17-4-1)42-32-20-7-11-26-38(32)56-49(42)52-36-24-15-25-37-44(36)51(47-45(52)34-22-9-13-28-40(34)54-47)48-46(35-23-10-14-29-41(35)55-48)53(37)50-43(31-18-5-2-6-19-31)33-21-8-12-27-39(33)57-50/h1-29H. The number of nitrogens with zero attached hydrogens (tertiary/aromatic N) is 2. The molecule has 7 heteroatoms. The normalized spacial score (nSPS) is 13.2. The van der Waals surface area contributed by atoms with E-state index in [2.05, 4.69) is 186 Å². The van der Waals surface area contributed by atoms with Crippen LogP contribution in [0.3, 0.4) is 0 Å². The van der Waals surface area contributed by atoms with Crippen LogP contribution in [0.5, 0.6) is 0 Å². The summed E-state index contributed by atoms with van der Waals surface area (Å²) in [5.41, 5.74) is 11.6. The third-order valence-electron chi connectivity index (χ3n) is 11.7. The van der Waals surface area contributed by atoms with Crippen LogP contribution in [-0.2, 0) is 0 Å². The Morgan fingerprint density at radius 3 is 1.14 bits per heavy atom. The smallest absolute Gasteiger partial charge is 0.277 e. The first-order valence-corrected chi connectivity index (χ1v) is 22.5. The summed E-state index contributed by atoms with van der Waals surface area (Å²) in [6.45, 7) is 0.0904. The van der Waals surface area contributed by atoms with Crippen LogP contribution in [0.2, 0.25) is 0 Å². The zero-order valence-corrected chi connectivity index (χ0v) is 33.6. The van der Waals surface area contributed by atoms with Crippen LogP contribution in [0.1, 0.15) is 0 Å². The van der Waals surface area contributed by atoms with Gasteiger partial charge in [-0.25, -0.2) is 0 Å². The Morgan fingerprint density at radius 1 is 0.333 bits per heavy atom. The first-order chi connectivity index (χ1) is 28.3. The number of hydrogen-bond acceptors (Lipinski definition) is 6. The zero-order chi connectivity index (χ0) is 37.2. The first kappa shape index (κ1) is 32.2. The highest BCUT2D eigenvalue weighted by Gasteiger charge is 2.48. The molecule has 0 aliphatic carbocycles. The van der Waals surface area contributed by atoms with Gasteiger partial charge < -0.3 is 9.80 Å². The van der Waals surface area contributed by atoms with Crippen molar-refractivity contribution in [1.29, 1.82) is 0 Å². The second-order valence-electron chi connectivity index (χ2n) is 14.7. The van der Waals surface area contributed by atoms with Gasteiger partial charge in [-0.1, -0.05) is 140 Å². The van der Waals surface area contributed by atoms with Gasteiger partial charge in [-0.3, -0.25) is 0 Å². The highest BCUT2D eigenvalue weighted by Crippen LogP contribution is 2.57. The van der Waals surface area contributed by atoms with Gasteiger partial charge in [-0.05, 0) is 53.0 Å². The third kappa shape index (κ3) is 4.51. The average molecular weight is 797 g/mol.